The van der Waals surface area contributed by atoms with E-state index in [2.05, 4.69) is 10.1 Å². The van der Waals surface area contributed by atoms with Crippen molar-refractivity contribution in [3.63, 3.8) is 0 Å². The lowest BCUT2D eigenvalue weighted by molar-refractivity contribution is -0.140. The van der Waals surface area contributed by atoms with Crippen LogP contribution >= 0.6 is 0 Å². The number of urea groups is 1. The van der Waals surface area contributed by atoms with Crippen LogP contribution in [0, 0.1) is 16.6 Å². The molecule has 7 rings (SSSR count). The molecule has 2 amide bonds. The number of benzene rings is 1. The Morgan fingerprint density at radius 3 is 2.31 bits per heavy atom. The highest BCUT2D eigenvalue weighted by atomic mass is 19.4. The molecule has 2 aliphatic carbocycles. The second-order valence-electron chi connectivity index (χ2n) is 11.9. The van der Waals surface area contributed by atoms with Gasteiger partial charge >= 0.3 is 12.2 Å². The molecule has 1 aromatic carbocycles. The normalized spacial score (nSPS) is 24.9. The first-order valence-corrected chi connectivity index (χ1v) is 12.6. The van der Waals surface area contributed by atoms with Gasteiger partial charge in [0.05, 0.1) is 11.6 Å². The summed E-state index contributed by atoms with van der Waals surface area (Å²) in [5.41, 5.74) is -0.631. The van der Waals surface area contributed by atoms with Gasteiger partial charge in [0.1, 0.15) is 12.1 Å². The SMILES string of the molecule is O=C(N1CC2(CC(n3cnc(C4CC4)n3)C2)C1)N1CC2(CN(Cc3ccc(F)cc3C(F)(F)F)C2)C1. The zero-order valence-corrected chi connectivity index (χ0v) is 19.8. The highest BCUT2D eigenvalue weighted by Crippen LogP contribution is 2.54. The lowest BCUT2D eigenvalue weighted by Crippen LogP contribution is -2.75. The number of nitrogens with zero attached hydrogens (tertiary/aromatic N) is 6. The van der Waals surface area contributed by atoms with Crippen molar-refractivity contribution in [3.8, 4) is 0 Å². The quantitative estimate of drug-likeness (QED) is 0.593. The molecule has 2 aromatic rings. The summed E-state index contributed by atoms with van der Waals surface area (Å²) < 4.78 is 55.2. The van der Waals surface area contributed by atoms with E-state index in [1.54, 1.807) is 0 Å². The summed E-state index contributed by atoms with van der Waals surface area (Å²) in [6, 6.07) is 3.32. The molecule has 3 aliphatic heterocycles. The molecule has 0 N–H and O–H groups in total. The number of halogens is 4. The minimum Gasteiger partial charge on any atom is -0.323 e. The van der Waals surface area contributed by atoms with E-state index >= 15 is 0 Å². The fourth-order valence-corrected chi connectivity index (χ4v) is 6.78. The van der Waals surface area contributed by atoms with Gasteiger partial charge in [-0.1, -0.05) is 6.07 Å². The van der Waals surface area contributed by atoms with Crippen LogP contribution < -0.4 is 0 Å². The van der Waals surface area contributed by atoms with Gasteiger partial charge in [-0.3, -0.25) is 4.90 Å². The van der Waals surface area contributed by atoms with Crippen LogP contribution in [-0.2, 0) is 12.7 Å². The van der Waals surface area contributed by atoms with E-state index in [0.717, 1.165) is 37.8 Å². The average Bonchev–Trinajstić information content (AvgIpc) is 3.44. The van der Waals surface area contributed by atoms with Gasteiger partial charge in [-0.2, -0.15) is 18.3 Å². The Bertz CT molecular complexity index is 1200. The number of likely N-dealkylation sites (tertiary alicyclic amines) is 3. The van der Waals surface area contributed by atoms with Crippen molar-refractivity contribution in [3.05, 3.63) is 47.3 Å². The Labute approximate surface area is 206 Å². The molecule has 7 nitrogen and oxygen atoms in total. The second-order valence-corrected chi connectivity index (χ2v) is 11.9. The second kappa shape index (κ2) is 7.43. The molecule has 0 bridgehead atoms. The zero-order valence-electron chi connectivity index (χ0n) is 19.8. The number of hydrogen-bond donors (Lipinski definition) is 0. The molecule has 4 heterocycles. The Balaban J connectivity index is 0.867. The Kier molecular flexibility index (Phi) is 4.64. The number of hydrogen-bond acceptors (Lipinski definition) is 4. The highest BCUT2D eigenvalue weighted by Gasteiger charge is 2.58. The van der Waals surface area contributed by atoms with Crippen LogP contribution in [0.4, 0.5) is 22.4 Å². The summed E-state index contributed by atoms with van der Waals surface area (Å²) in [6.45, 7) is 4.30. The van der Waals surface area contributed by atoms with E-state index in [-0.39, 0.29) is 29.0 Å². The first-order valence-electron chi connectivity index (χ1n) is 12.6. The zero-order chi connectivity index (χ0) is 24.9. The largest absolute Gasteiger partial charge is 0.416 e. The maximum Gasteiger partial charge on any atom is 0.416 e. The van der Waals surface area contributed by atoms with Gasteiger partial charge in [-0.05, 0) is 43.4 Å². The molecular formula is C25H28F4N6O. The Morgan fingerprint density at radius 2 is 1.67 bits per heavy atom. The topological polar surface area (TPSA) is 57.5 Å². The molecule has 36 heavy (non-hydrogen) atoms. The van der Waals surface area contributed by atoms with Crippen LogP contribution in [0.2, 0.25) is 0 Å². The maximum atomic E-state index is 13.4. The van der Waals surface area contributed by atoms with E-state index in [0.29, 0.717) is 44.2 Å². The number of amides is 2. The monoisotopic (exact) mass is 504 g/mol. The lowest BCUT2D eigenvalue weighted by Gasteiger charge is -2.63. The maximum absolute atomic E-state index is 13.4. The summed E-state index contributed by atoms with van der Waals surface area (Å²) in [5.74, 6) is 0.645. The van der Waals surface area contributed by atoms with Crippen LogP contribution in [0.5, 0.6) is 0 Å². The molecule has 0 unspecified atom stereocenters. The van der Waals surface area contributed by atoms with Crippen molar-refractivity contribution in [2.24, 2.45) is 10.8 Å². The van der Waals surface area contributed by atoms with Crippen molar-refractivity contribution in [2.75, 3.05) is 39.3 Å². The third kappa shape index (κ3) is 3.69. The molecule has 5 aliphatic rings. The van der Waals surface area contributed by atoms with Crippen molar-refractivity contribution in [1.82, 2.24) is 29.5 Å². The number of rotatable bonds is 4. The van der Waals surface area contributed by atoms with E-state index in [9.17, 15) is 22.4 Å². The van der Waals surface area contributed by atoms with Crippen molar-refractivity contribution < 1.29 is 22.4 Å². The molecule has 2 spiro atoms. The predicted molar refractivity (Wildman–Crippen MR) is 120 cm³/mol. The molecule has 3 saturated heterocycles. The molecule has 2 saturated carbocycles. The summed E-state index contributed by atoms with van der Waals surface area (Å²) in [6.07, 6.45) is 1.73. The van der Waals surface area contributed by atoms with Gasteiger partial charge in [0, 0.05) is 62.6 Å². The highest BCUT2D eigenvalue weighted by molar-refractivity contribution is 5.77. The van der Waals surface area contributed by atoms with Gasteiger partial charge < -0.3 is 9.80 Å². The summed E-state index contributed by atoms with van der Waals surface area (Å²) in [7, 11) is 0. The van der Waals surface area contributed by atoms with Gasteiger partial charge in [0.15, 0.2) is 5.82 Å². The third-order valence-electron chi connectivity index (χ3n) is 8.72. The minimum atomic E-state index is -4.58. The van der Waals surface area contributed by atoms with Crippen molar-refractivity contribution in [2.45, 2.75) is 50.4 Å². The Morgan fingerprint density at radius 1 is 1.00 bits per heavy atom. The number of aromatic nitrogens is 3. The predicted octanol–water partition coefficient (Wildman–Crippen LogP) is 3.89. The van der Waals surface area contributed by atoms with Gasteiger partial charge in [0.25, 0.3) is 0 Å². The third-order valence-corrected chi connectivity index (χ3v) is 8.72. The van der Waals surface area contributed by atoms with Crippen molar-refractivity contribution in [1.29, 1.82) is 0 Å². The molecule has 1 aromatic heterocycles. The van der Waals surface area contributed by atoms with Crippen LogP contribution in [0.1, 0.15) is 54.6 Å². The van der Waals surface area contributed by atoms with E-state index in [1.807, 2.05) is 25.7 Å². The number of carbonyl (C=O) groups excluding carboxylic acids is 1. The van der Waals surface area contributed by atoms with Crippen molar-refractivity contribution >= 4 is 6.03 Å². The smallest absolute Gasteiger partial charge is 0.323 e. The van der Waals surface area contributed by atoms with Gasteiger partial charge in [-0.25, -0.2) is 18.9 Å². The molecular weight excluding hydrogens is 476 g/mol. The van der Waals surface area contributed by atoms with Crippen LogP contribution in [-0.4, -0.2) is 74.8 Å². The summed E-state index contributed by atoms with van der Waals surface area (Å²) >= 11 is 0. The van der Waals surface area contributed by atoms with E-state index < -0.39 is 17.6 Å². The van der Waals surface area contributed by atoms with Crippen LogP contribution in [0.3, 0.4) is 0 Å². The molecule has 11 heteroatoms. The van der Waals surface area contributed by atoms with E-state index in [4.69, 9.17) is 0 Å². The number of alkyl halides is 3. The summed E-state index contributed by atoms with van der Waals surface area (Å²) in [5, 5.41) is 4.65. The van der Waals surface area contributed by atoms with E-state index in [1.165, 1.54) is 18.9 Å². The molecule has 5 fully saturated rings. The number of carbonyl (C=O) groups is 1. The molecule has 0 radical (unpaired) electrons. The Hall–Kier alpha value is -2.69. The molecule has 192 valence electrons. The standard InChI is InChI=1S/C25H28F4N6O/c26-18-4-3-17(20(5-18)25(27,28)29)8-32-9-24(10-32)13-34(14-24)22(36)33-11-23(12-33)6-19(7-23)35-15-30-21(31-35)16-1-2-16/h3-5,15-16,19H,1-2,6-14H2. The van der Waals surface area contributed by atoms with Crippen LogP contribution in [0.25, 0.3) is 0 Å². The first-order chi connectivity index (χ1) is 17.1. The van der Waals surface area contributed by atoms with Gasteiger partial charge in [-0.15, -0.1) is 0 Å². The minimum absolute atomic E-state index is 0.0233. The fraction of sp³-hybridized carbons (Fsp3) is 0.640. The lowest BCUT2D eigenvalue weighted by atomic mass is 9.60. The fourth-order valence-electron chi connectivity index (χ4n) is 6.78. The average molecular weight is 505 g/mol. The summed E-state index contributed by atoms with van der Waals surface area (Å²) in [4.78, 5) is 23.1. The van der Waals surface area contributed by atoms with Crippen LogP contribution in [0.15, 0.2) is 24.5 Å². The molecule has 0 atom stereocenters. The van der Waals surface area contributed by atoms with Gasteiger partial charge in [0.2, 0.25) is 0 Å². The first kappa shape index (κ1) is 22.5.